The zero-order valence-corrected chi connectivity index (χ0v) is 7.37. The summed E-state index contributed by atoms with van der Waals surface area (Å²) in [6.07, 6.45) is 2.59. The van der Waals surface area contributed by atoms with Gasteiger partial charge in [-0.2, -0.15) is 0 Å². The van der Waals surface area contributed by atoms with E-state index in [4.69, 9.17) is 0 Å². The van der Waals surface area contributed by atoms with Gasteiger partial charge in [0.25, 0.3) is 0 Å². The van der Waals surface area contributed by atoms with Crippen LogP contribution in [0.1, 0.15) is 10.4 Å². The van der Waals surface area contributed by atoms with Gasteiger partial charge < -0.3 is 9.72 Å². The number of aromatic amines is 1. The third-order valence-corrected chi connectivity index (χ3v) is 1.92. The highest BCUT2D eigenvalue weighted by atomic mass is 19.1. The van der Waals surface area contributed by atoms with Gasteiger partial charge in [0.2, 0.25) is 0 Å². The minimum Gasteiger partial charge on any atom is -0.465 e. The van der Waals surface area contributed by atoms with Crippen molar-refractivity contribution < 1.29 is 13.9 Å². The predicted molar refractivity (Wildman–Crippen MR) is 47.4 cm³/mol. The van der Waals surface area contributed by atoms with Crippen LogP contribution in [0.2, 0.25) is 0 Å². The minimum absolute atomic E-state index is 0.109. The van der Waals surface area contributed by atoms with E-state index in [0.29, 0.717) is 11.0 Å². The second-order valence-corrected chi connectivity index (χ2v) is 2.71. The first-order valence-corrected chi connectivity index (χ1v) is 3.94. The van der Waals surface area contributed by atoms with Crippen molar-refractivity contribution in [1.29, 1.82) is 0 Å². The topological polar surface area (TPSA) is 55.0 Å². The van der Waals surface area contributed by atoms with Crippen LogP contribution in [0.3, 0.4) is 0 Å². The molecule has 2 aromatic heterocycles. The lowest BCUT2D eigenvalue weighted by molar-refractivity contribution is 0.0597. The fourth-order valence-corrected chi connectivity index (χ4v) is 1.28. The van der Waals surface area contributed by atoms with Gasteiger partial charge in [-0.3, -0.25) is 4.98 Å². The predicted octanol–water partition coefficient (Wildman–Crippen LogP) is 1.49. The van der Waals surface area contributed by atoms with Crippen molar-refractivity contribution in [2.75, 3.05) is 7.11 Å². The number of nitrogens with one attached hydrogen (secondary N) is 1. The molecule has 2 aromatic rings. The van der Waals surface area contributed by atoms with E-state index in [1.807, 2.05) is 0 Å². The van der Waals surface area contributed by atoms with Gasteiger partial charge in [-0.05, 0) is 6.07 Å². The smallest absolute Gasteiger partial charge is 0.343 e. The van der Waals surface area contributed by atoms with Crippen molar-refractivity contribution >= 4 is 17.0 Å². The van der Waals surface area contributed by atoms with Gasteiger partial charge in [-0.25, -0.2) is 9.18 Å². The van der Waals surface area contributed by atoms with E-state index < -0.39 is 11.8 Å². The molecule has 0 aromatic carbocycles. The maximum absolute atomic E-state index is 13.3. The summed E-state index contributed by atoms with van der Waals surface area (Å²) in [5.74, 6) is -1.40. The Kier molecular flexibility index (Phi) is 1.92. The number of carbonyl (C=O) groups is 1. The van der Waals surface area contributed by atoms with Gasteiger partial charge in [-0.15, -0.1) is 0 Å². The number of halogens is 1. The molecule has 0 fully saturated rings. The monoisotopic (exact) mass is 194 g/mol. The molecule has 0 radical (unpaired) electrons. The Bertz CT molecular complexity index is 493. The first-order chi connectivity index (χ1) is 6.74. The van der Waals surface area contributed by atoms with Crippen LogP contribution in [0.5, 0.6) is 0 Å². The molecule has 0 aliphatic heterocycles. The van der Waals surface area contributed by atoms with Crippen LogP contribution >= 0.6 is 0 Å². The van der Waals surface area contributed by atoms with Gasteiger partial charge in [0.1, 0.15) is 5.56 Å². The molecular formula is C9H7FN2O2. The number of nitrogens with zero attached hydrogens (tertiary/aromatic N) is 1. The maximum atomic E-state index is 13.3. The summed E-state index contributed by atoms with van der Waals surface area (Å²) in [7, 11) is 1.21. The van der Waals surface area contributed by atoms with E-state index in [1.165, 1.54) is 7.11 Å². The molecule has 5 heteroatoms. The number of rotatable bonds is 1. The summed E-state index contributed by atoms with van der Waals surface area (Å²) in [6.45, 7) is 0. The molecule has 72 valence electrons. The largest absolute Gasteiger partial charge is 0.465 e. The van der Waals surface area contributed by atoms with Gasteiger partial charge in [0.15, 0.2) is 5.82 Å². The number of fused-ring (bicyclic) bond motifs is 1. The Morgan fingerprint density at radius 1 is 1.64 bits per heavy atom. The van der Waals surface area contributed by atoms with Crippen molar-refractivity contribution in [1.82, 2.24) is 9.97 Å². The number of pyridine rings is 1. The molecule has 0 aliphatic carbocycles. The highest BCUT2D eigenvalue weighted by Crippen LogP contribution is 2.18. The van der Waals surface area contributed by atoms with Gasteiger partial charge >= 0.3 is 5.97 Å². The normalized spacial score (nSPS) is 10.4. The third-order valence-electron chi connectivity index (χ3n) is 1.92. The molecule has 2 heterocycles. The van der Waals surface area contributed by atoms with Crippen LogP contribution in [0.25, 0.3) is 11.0 Å². The van der Waals surface area contributed by atoms with Crippen molar-refractivity contribution in [3.05, 3.63) is 29.8 Å². The first-order valence-electron chi connectivity index (χ1n) is 3.94. The van der Waals surface area contributed by atoms with Gasteiger partial charge in [0.05, 0.1) is 24.3 Å². The minimum atomic E-state index is -0.711. The molecule has 0 spiro atoms. The van der Waals surface area contributed by atoms with Gasteiger partial charge in [-0.1, -0.05) is 0 Å². The second kappa shape index (κ2) is 3.10. The molecule has 0 atom stereocenters. The molecular weight excluding hydrogens is 187 g/mol. The first kappa shape index (κ1) is 8.68. The molecule has 14 heavy (non-hydrogen) atoms. The van der Waals surface area contributed by atoms with Crippen molar-refractivity contribution in [2.24, 2.45) is 0 Å². The second-order valence-electron chi connectivity index (χ2n) is 2.71. The molecule has 0 unspecified atom stereocenters. The zero-order valence-electron chi connectivity index (χ0n) is 7.37. The van der Waals surface area contributed by atoms with E-state index in [1.54, 1.807) is 12.3 Å². The molecule has 1 N–H and O–H groups in total. The van der Waals surface area contributed by atoms with Crippen molar-refractivity contribution in [3.8, 4) is 0 Å². The molecule has 0 aliphatic rings. The number of carbonyl (C=O) groups excluding carboxylic acids is 1. The number of hydrogen-bond donors (Lipinski definition) is 1. The summed E-state index contributed by atoms with van der Waals surface area (Å²) in [4.78, 5) is 17.8. The number of aromatic nitrogens is 2. The Morgan fingerprint density at radius 2 is 2.43 bits per heavy atom. The zero-order chi connectivity index (χ0) is 10.1. The Balaban J connectivity index is 2.76. The standard InChI is InChI=1S/C9H7FN2O2/c1-14-9(13)7-5(10)4-12-6-2-3-11-8(6)7/h2-4,11H,1H3. The highest BCUT2D eigenvalue weighted by Gasteiger charge is 2.17. The quantitative estimate of drug-likeness (QED) is 0.699. The van der Waals surface area contributed by atoms with Crippen LogP contribution in [0, 0.1) is 5.82 Å². The van der Waals surface area contributed by atoms with E-state index in [9.17, 15) is 9.18 Å². The number of esters is 1. The Labute approximate surface area is 78.7 Å². The SMILES string of the molecule is COC(=O)c1c(F)cnc2cc[nH]c12. The Morgan fingerprint density at radius 3 is 3.14 bits per heavy atom. The lowest BCUT2D eigenvalue weighted by Gasteiger charge is -2.01. The molecule has 0 bridgehead atoms. The average Bonchev–Trinajstić information content (AvgIpc) is 2.64. The van der Waals surface area contributed by atoms with Gasteiger partial charge in [0, 0.05) is 6.20 Å². The summed E-state index contributed by atoms with van der Waals surface area (Å²) in [5.41, 5.74) is 0.783. The number of hydrogen-bond acceptors (Lipinski definition) is 3. The van der Waals surface area contributed by atoms with Crippen LogP contribution in [0.4, 0.5) is 4.39 Å². The summed E-state index contributed by atoms with van der Waals surface area (Å²) in [6, 6.07) is 1.65. The fourth-order valence-electron chi connectivity index (χ4n) is 1.28. The van der Waals surface area contributed by atoms with Crippen LogP contribution in [-0.4, -0.2) is 23.0 Å². The maximum Gasteiger partial charge on any atom is 0.343 e. The van der Waals surface area contributed by atoms with Crippen LogP contribution < -0.4 is 0 Å². The molecule has 0 saturated heterocycles. The van der Waals surface area contributed by atoms with E-state index in [-0.39, 0.29) is 5.56 Å². The summed E-state index contributed by atoms with van der Waals surface area (Å²) >= 11 is 0. The lowest BCUT2D eigenvalue weighted by Crippen LogP contribution is -2.06. The lowest BCUT2D eigenvalue weighted by atomic mass is 10.2. The molecule has 2 rings (SSSR count). The van der Waals surface area contributed by atoms with E-state index in [0.717, 1.165) is 6.20 Å². The molecule has 0 amide bonds. The summed E-state index contributed by atoms with van der Waals surface area (Å²) in [5, 5.41) is 0. The molecule has 0 saturated carbocycles. The highest BCUT2D eigenvalue weighted by molar-refractivity contribution is 6.01. The van der Waals surface area contributed by atoms with Crippen molar-refractivity contribution in [3.63, 3.8) is 0 Å². The van der Waals surface area contributed by atoms with Crippen LogP contribution in [-0.2, 0) is 4.74 Å². The van der Waals surface area contributed by atoms with E-state index in [2.05, 4.69) is 14.7 Å². The number of methoxy groups -OCH3 is 1. The number of H-pyrrole nitrogens is 1. The van der Waals surface area contributed by atoms with E-state index >= 15 is 0 Å². The Hall–Kier alpha value is -1.91. The fraction of sp³-hybridized carbons (Fsp3) is 0.111. The van der Waals surface area contributed by atoms with Crippen molar-refractivity contribution in [2.45, 2.75) is 0 Å². The average molecular weight is 194 g/mol. The molecule has 4 nitrogen and oxygen atoms in total. The summed E-state index contributed by atoms with van der Waals surface area (Å²) < 4.78 is 17.7. The van der Waals surface area contributed by atoms with Crippen LogP contribution in [0.15, 0.2) is 18.5 Å². The third kappa shape index (κ3) is 1.14. The number of ether oxygens (including phenoxy) is 1.